The minimum atomic E-state index is -3.89. The van der Waals surface area contributed by atoms with Gasteiger partial charge in [-0.1, -0.05) is 29.8 Å². The van der Waals surface area contributed by atoms with Crippen molar-refractivity contribution >= 4 is 38.3 Å². The number of hydrogen-bond acceptors (Lipinski definition) is 4. The summed E-state index contributed by atoms with van der Waals surface area (Å²) in [6, 6.07) is 12.3. The van der Waals surface area contributed by atoms with E-state index in [9.17, 15) is 8.42 Å². The third-order valence-corrected chi connectivity index (χ3v) is 4.31. The Labute approximate surface area is 126 Å². The first-order valence-corrected chi connectivity index (χ1v) is 7.89. The van der Waals surface area contributed by atoms with Crippen LogP contribution < -0.4 is 10.6 Å². The van der Waals surface area contributed by atoms with Crippen LogP contribution in [0.5, 0.6) is 0 Å². The normalized spacial score (nSPS) is 11.7. The highest BCUT2D eigenvalue weighted by Crippen LogP contribution is 2.26. The van der Waals surface area contributed by atoms with E-state index >= 15 is 0 Å². The Morgan fingerprint density at radius 2 is 1.90 bits per heavy atom. The summed E-state index contributed by atoms with van der Waals surface area (Å²) in [6.45, 7) is 0. The minimum absolute atomic E-state index is 0.0509. The molecule has 0 unspecified atom stereocenters. The lowest BCUT2D eigenvalue weighted by Gasteiger charge is -2.09. The van der Waals surface area contributed by atoms with Crippen molar-refractivity contribution in [3.8, 4) is 0 Å². The number of nitrogens with zero attached hydrogens (tertiary/aromatic N) is 2. The molecule has 0 bridgehead atoms. The molecule has 8 heteroatoms. The van der Waals surface area contributed by atoms with Gasteiger partial charge in [-0.25, -0.2) is 23.2 Å². The average molecular weight is 323 g/mol. The van der Waals surface area contributed by atoms with Crippen LogP contribution in [-0.2, 0) is 10.0 Å². The molecule has 0 aliphatic carbocycles. The summed E-state index contributed by atoms with van der Waals surface area (Å²) in [7, 11) is -3.89. The molecule has 3 aromatic rings. The van der Waals surface area contributed by atoms with Gasteiger partial charge in [-0.05, 0) is 24.3 Å². The van der Waals surface area contributed by atoms with Crippen molar-refractivity contribution in [2.24, 2.45) is 5.14 Å². The maximum Gasteiger partial charge on any atom is 0.239 e. The molecule has 0 amide bonds. The van der Waals surface area contributed by atoms with Crippen molar-refractivity contribution in [2.45, 2.75) is 4.90 Å². The maximum atomic E-state index is 11.5. The summed E-state index contributed by atoms with van der Waals surface area (Å²) in [5, 5.41) is 5.21. The Bertz CT molecular complexity index is 907. The summed E-state index contributed by atoms with van der Waals surface area (Å²) in [5.41, 5.74) is 5.07. The first kappa shape index (κ1) is 13.9. The van der Waals surface area contributed by atoms with E-state index in [1.165, 1.54) is 12.1 Å². The van der Waals surface area contributed by atoms with E-state index in [-0.39, 0.29) is 9.92 Å². The molecule has 0 fully saturated rings. The van der Waals surface area contributed by atoms with Gasteiger partial charge >= 0.3 is 0 Å². The van der Waals surface area contributed by atoms with E-state index in [4.69, 9.17) is 16.7 Å². The van der Waals surface area contributed by atoms with Gasteiger partial charge in [0.25, 0.3) is 0 Å². The lowest BCUT2D eigenvalue weighted by Crippen LogP contribution is -2.13. The number of rotatable bonds is 3. The monoisotopic (exact) mass is 322 g/mol. The Morgan fingerprint density at radius 3 is 2.57 bits per heavy atom. The van der Waals surface area contributed by atoms with E-state index in [0.29, 0.717) is 11.0 Å². The zero-order chi connectivity index (χ0) is 15.0. The molecule has 0 saturated carbocycles. The Morgan fingerprint density at radius 1 is 1.19 bits per heavy atom. The van der Waals surface area contributed by atoms with Crippen LogP contribution in [0.2, 0.25) is 5.02 Å². The number of halogens is 1. The van der Waals surface area contributed by atoms with Crippen molar-refractivity contribution in [1.82, 2.24) is 9.66 Å². The molecule has 2 aromatic carbocycles. The van der Waals surface area contributed by atoms with E-state index < -0.39 is 10.0 Å². The third-order valence-electron chi connectivity index (χ3n) is 2.93. The quantitative estimate of drug-likeness (QED) is 0.773. The molecule has 0 radical (unpaired) electrons. The van der Waals surface area contributed by atoms with Gasteiger partial charge in [0.15, 0.2) is 0 Å². The summed E-state index contributed by atoms with van der Waals surface area (Å²) >= 11 is 5.93. The van der Waals surface area contributed by atoms with Gasteiger partial charge in [-0.15, -0.1) is 0 Å². The SMILES string of the molecule is NS(=O)(=O)c1cc2c(cc1Cl)ncn2Nc1ccccc1. The largest absolute Gasteiger partial charge is 0.293 e. The lowest BCUT2D eigenvalue weighted by molar-refractivity contribution is 0.598. The molecule has 108 valence electrons. The Hall–Kier alpha value is -2.09. The lowest BCUT2D eigenvalue weighted by atomic mass is 10.3. The summed E-state index contributed by atoms with van der Waals surface area (Å²) < 4.78 is 24.7. The van der Waals surface area contributed by atoms with Crippen LogP contribution in [0.4, 0.5) is 5.69 Å². The number of benzene rings is 2. The molecule has 0 saturated heterocycles. The first-order chi connectivity index (χ1) is 9.95. The fourth-order valence-electron chi connectivity index (χ4n) is 1.97. The van der Waals surface area contributed by atoms with E-state index in [0.717, 1.165) is 5.69 Å². The zero-order valence-electron chi connectivity index (χ0n) is 10.7. The molecule has 3 rings (SSSR count). The Kier molecular flexibility index (Phi) is 3.32. The molecule has 0 spiro atoms. The zero-order valence-corrected chi connectivity index (χ0v) is 12.3. The Balaban J connectivity index is 2.13. The van der Waals surface area contributed by atoms with Crippen molar-refractivity contribution in [1.29, 1.82) is 0 Å². The highest BCUT2D eigenvalue weighted by Gasteiger charge is 2.16. The number of anilines is 1. The van der Waals surface area contributed by atoms with Crippen molar-refractivity contribution in [2.75, 3.05) is 5.43 Å². The second-order valence-corrected chi connectivity index (χ2v) is 6.35. The molecule has 0 aliphatic heterocycles. The number of nitrogens with one attached hydrogen (secondary N) is 1. The van der Waals surface area contributed by atoms with Gasteiger partial charge in [0.05, 0.1) is 21.7 Å². The highest BCUT2D eigenvalue weighted by atomic mass is 35.5. The van der Waals surface area contributed by atoms with Crippen LogP contribution in [0.1, 0.15) is 0 Å². The average Bonchev–Trinajstić information content (AvgIpc) is 2.80. The molecule has 3 N–H and O–H groups in total. The van der Waals surface area contributed by atoms with Crippen LogP contribution in [-0.4, -0.2) is 18.1 Å². The second-order valence-electron chi connectivity index (χ2n) is 4.41. The topological polar surface area (TPSA) is 90.0 Å². The molecule has 6 nitrogen and oxygen atoms in total. The number of nitrogens with two attached hydrogens (primary N) is 1. The van der Waals surface area contributed by atoms with Gasteiger partial charge in [-0.2, -0.15) is 0 Å². The second kappa shape index (κ2) is 5.03. The van der Waals surface area contributed by atoms with Gasteiger partial charge in [0.2, 0.25) is 10.0 Å². The van der Waals surface area contributed by atoms with Crippen molar-refractivity contribution < 1.29 is 8.42 Å². The fraction of sp³-hybridized carbons (Fsp3) is 0. The van der Waals surface area contributed by atoms with Crippen molar-refractivity contribution in [3.05, 3.63) is 53.8 Å². The van der Waals surface area contributed by atoms with Crippen LogP contribution in [0, 0.1) is 0 Å². The predicted octanol–water partition coefficient (Wildman–Crippen LogP) is 2.21. The third kappa shape index (κ3) is 2.71. The highest BCUT2D eigenvalue weighted by molar-refractivity contribution is 7.89. The summed E-state index contributed by atoms with van der Waals surface area (Å²) in [5.74, 6) is 0. The number of imidazole rings is 1. The minimum Gasteiger partial charge on any atom is -0.293 e. The van der Waals surface area contributed by atoms with Gasteiger partial charge < -0.3 is 0 Å². The van der Waals surface area contributed by atoms with E-state index in [2.05, 4.69) is 10.4 Å². The maximum absolute atomic E-state index is 11.5. The van der Waals surface area contributed by atoms with Crippen LogP contribution in [0.3, 0.4) is 0 Å². The smallest absolute Gasteiger partial charge is 0.239 e. The summed E-state index contributed by atoms with van der Waals surface area (Å²) in [4.78, 5) is 4.05. The first-order valence-electron chi connectivity index (χ1n) is 5.96. The van der Waals surface area contributed by atoms with Gasteiger partial charge in [-0.3, -0.25) is 5.43 Å². The molecule has 1 heterocycles. The molecule has 21 heavy (non-hydrogen) atoms. The van der Waals surface area contributed by atoms with Gasteiger partial charge in [0, 0.05) is 0 Å². The summed E-state index contributed by atoms with van der Waals surface area (Å²) in [6.07, 6.45) is 1.54. The number of hydrogen-bond donors (Lipinski definition) is 2. The van der Waals surface area contributed by atoms with Gasteiger partial charge in [0.1, 0.15) is 11.2 Å². The van der Waals surface area contributed by atoms with Crippen molar-refractivity contribution in [3.63, 3.8) is 0 Å². The molecular formula is C13H11ClN4O2S. The van der Waals surface area contributed by atoms with Crippen LogP contribution in [0.15, 0.2) is 53.7 Å². The predicted molar refractivity (Wildman–Crippen MR) is 81.6 cm³/mol. The number of para-hydroxylation sites is 1. The molecule has 1 aromatic heterocycles. The van der Waals surface area contributed by atoms with Crippen LogP contribution >= 0.6 is 11.6 Å². The number of fused-ring (bicyclic) bond motifs is 1. The van der Waals surface area contributed by atoms with E-state index in [1.807, 2.05) is 30.3 Å². The molecule has 0 aliphatic rings. The number of primary sulfonamides is 1. The fourth-order valence-corrected chi connectivity index (χ4v) is 3.06. The number of aromatic nitrogens is 2. The number of sulfonamides is 1. The molecular weight excluding hydrogens is 312 g/mol. The van der Waals surface area contributed by atoms with Crippen LogP contribution in [0.25, 0.3) is 11.0 Å². The van der Waals surface area contributed by atoms with E-state index in [1.54, 1.807) is 11.0 Å². The molecule has 0 atom stereocenters. The standard InChI is InChI=1S/C13H11ClN4O2S/c14-10-6-11-12(7-13(10)21(15,19)20)18(8-16-11)17-9-4-2-1-3-5-9/h1-8,17H,(H2,15,19,20).